The maximum absolute atomic E-state index is 3.55. The molecule has 25 heavy (non-hydrogen) atoms. The molecular formula is C21H32Cl2SiTi. The number of halogens is 2. The molecule has 1 saturated heterocycles. The van der Waals surface area contributed by atoms with Gasteiger partial charge >= 0.3 is 21.7 Å². The van der Waals surface area contributed by atoms with E-state index in [4.69, 9.17) is 0 Å². The molecule has 2 aliphatic carbocycles. The summed E-state index contributed by atoms with van der Waals surface area (Å²) in [5, 5.41) is 1.66. The largest absolute Gasteiger partial charge is 4.00 e. The van der Waals surface area contributed by atoms with E-state index in [1.54, 1.807) is 17.3 Å². The van der Waals surface area contributed by atoms with Crippen LogP contribution in [0.5, 0.6) is 0 Å². The van der Waals surface area contributed by atoms with E-state index >= 15 is 0 Å². The van der Waals surface area contributed by atoms with E-state index in [1.165, 1.54) is 35.6 Å². The molecule has 0 N–H and O–H groups in total. The van der Waals surface area contributed by atoms with Gasteiger partial charge in [-0.1, -0.05) is 71.0 Å². The Bertz CT molecular complexity index is 552. The number of rotatable bonds is 3. The summed E-state index contributed by atoms with van der Waals surface area (Å²) in [6.07, 6.45) is 15.6. The van der Waals surface area contributed by atoms with Crippen LogP contribution in [-0.2, 0) is 21.7 Å². The fourth-order valence-corrected chi connectivity index (χ4v) is 8.33. The van der Waals surface area contributed by atoms with Crippen molar-refractivity contribution >= 4 is 8.07 Å². The molecule has 1 fully saturated rings. The van der Waals surface area contributed by atoms with Crippen molar-refractivity contribution in [2.75, 3.05) is 0 Å². The molecule has 0 aromatic carbocycles. The first-order valence-electron chi connectivity index (χ1n) is 8.90. The number of hydrogen-bond donors (Lipinski definition) is 0. The van der Waals surface area contributed by atoms with Crippen molar-refractivity contribution in [3.63, 3.8) is 0 Å². The summed E-state index contributed by atoms with van der Waals surface area (Å²) in [5.74, 6) is 0. The van der Waals surface area contributed by atoms with Gasteiger partial charge in [-0.05, 0) is 0 Å². The van der Waals surface area contributed by atoms with Crippen LogP contribution in [0.3, 0.4) is 0 Å². The molecule has 1 heterocycles. The van der Waals surface area contributed by atoms with Crippen LogP contribution in [0.25, 0.3) is 0 Å². The first-order valence-corrected chi connectivity index (χ1v) is 11.5. The molecule has 138 valence electrons. The molecule has 0 saturated carbocycles. The van der Waals surface area contributed by atoms with Crippen LogP contribution in [0.2, 0.25) is 18.1 Å². The van der Waals surface area contributed by atoms with E-state index in [0.717, 1.165) is 6.42 Å². The molecule has 4 heteroatoms. The molecule has 0 bridgehead atoms. The van der Waals surface area contributed by atoms with Crippen molar-refractivity contribution in [1.29, 1.82) is 0 Å². The number of hydrogen-bond acceptors (Lipinski definition) is 0. The van der Waals surface area contributed by atoms with Gasteiger partial charge in [-0.3, -0.25) is 12.2 Å². The van der Waals surface area contributed by atoms with Crippen molar-refractivity contribution in [3.8, 4) is 0 Å². The average Bonchev–Trinajstić information content (AvgIpc) is 3.00. The summed E-state index contributed by atoms with van der Waals surface area (Å²) in [5.41, 5.74) is 4.39. The van der Waals surface area contributed by atoms with Crippen LogP contribution >= 0.6 is 0 Å². The fraction of sp³-hybridized carbons (Fsp3) is 0.619. The molecule has 0 unspecified atom stereocenters. The van der Waals surface area contributed by atoms with Gasteiger partial charge in [0.05, 0.1) is 0 Å². The first-order chi connectivity index (χ1) is 10.3. The Morgan fingerprint density at radius 3 is 1.96 bits per heavy atom. The van der Waals surface area contributed by atoms with E-state index in [2.05, 4.69) is 65.8 Å². The van der Waals surface area contributed by atoms with Crippen LogP contribution in [-0.4, -0.2) is 8.07 Å². The maximum Gasteiger partial charge on any atom is 4.00 e. The van der Waals surface area contributed by atoms with Crippen molar-refractivity contribution in [3.05, 3.63) is 46.2 Å². The second kappa shape index (κ2) is 11.3. The summed E-state index contributed by atoms with van der Waals surface area (Å²) in [4.78, 5) is 0. The van der Waals surface area contributed by atoms with Gasteiger partial charge in [0, 0.05) is 8.07 Å². The zero-order chi connectivity index (χ0) is 16.4. The molecule has 0 spiro atoms. The second-order valence-electron chi connectivity index (χ2n) is 7.71. The van der Waals surface area contributed by atoms with E-state index in [9.17, 15) is 0 Å². The van der Waals surface area contributed by atoms with E-state index in [-0.39, 0.29) is 51.9 Å². The summed E-state index contributed by atoms with van der Waals surface area (Å²) in [6, 6.07) is 4.61. The zero-order valence-corrected chi connectivity index (χ0v) is 20.7. The van der Waals surface area contributed by atoms with Crippen LogP contribution in [0, 0.1) is 17.6 Å². The standard InChI is InChI=1S/C11H17Si.C10H15.2ClH.Ti/c1-2-8-12(9-5-10-12)11-6-3-4-7-11;1-7-6-10(4,5)9(3)8(7)2;;;/h3,6H,2,4-5,8-10H2,1H3;1-5H3;2*1H;/q2*-1;;;+4/p-2. The van der Waals surface area contributed by atoms with Gasteiger partial charge in [0.25, 0.3) is 0 Å². The van der Waals surface area contributed by atoms with Crippen molar-refractivity contribution in [2.45, 2.75) is 78.9 Å². The molecule has 0 nitrogen and oxygen atoms in total. The first kappa shape index (κ1) is 27.7. The van der Waals surface area contributed by atoms with E-state index in [1.807, 2.05) is 0 Å². The molecule has 0 radical (unpaired) electrons. The SMILES string of the molecule is CC1=[C-]C(C)(C)C(C)=C1C.CCC[Si]1(C2=[C-]CC=C2)CCC1.[Cl-].[Cl-].[Ti+4]. The smallest absolute Gasteiger partial charge is 1.00 e. The predicted molar refractivity (Wildman–Crippen MR) is 100 cm³/mol. The third-order valence-electron chi connectivity index (χ3n) is 5.87. The maximum atomic E-state index is 3.55. The summed E-state index contributed by atoms with van der Waals surface area (Å²) in [6.45, 7) is 13.2. The van der Waals surface area contributed by atoms with Crippen LogP contribution in [0.1, 0.15) is 60.8 Å². The Kier molecular flexibility index (Phi) is 12.6. The average molecular weight is 431 g/mol. The number of allylic oxidation sites excluding steroid dienone is 8. The predicted octanol–water partition coefficient (Wildman–Crippen LogP) is 0.595. The molecular weight excluding hydrogens is 399 g/mol. The van der Waals surface area contributed by atoms with E-state index in [0.29, 0.717) is 0 Å². The Hall–Kier alpha value is 0.471. The van der Waals surface area contributed by atoms with Gasteiger partial charge in [0.1, 0.15) is 0 Å². The van der Waals surface area contributed by atoms with Gasteiger partial charge in [-0.25, -0.2) is 16.8 Å². The van der Waals surface area contributed by atoms with Crippen molar-refractivity contribution in [2.24, 2.45) is 5.41 Å². The minimum absolute atomic E-state index is 0. The normalized spacial score (nSPS) is 21.5. The van der Waals surface area contributed by atoms with Gasteiger partial charge in [-0.15, -0.1) is 13.3 Å². The molecule has 0 atom stereocenters. The molecule has 1 aliphatic heterocycles. The molecule has 3 rings (SSSR count). The van der Waals surface area contributed by atoms with Crippen molar-refractivity contribution in [1.82, 2.24) is 0 Å². The monoisotopic (exact) mass is 430 g/mol. The quantitative estimate of drug-likeness (QED) is 0.454. The third kappa shape index (κ3) is 6.25. The molecule has 0 aromatic rings. The van der Waals surface area contributed by atoms with E-state index < -0.39 is 8.07 Å². The van der Waals surface area contributed by atoms with Gasteiger partial charge in [0.2, 0.25) is 0 Å². The summed E-state index contributed by atoms with van der Waals surface area (Å²) >= 11 is 0. The molecule has 0 aromatic heterocycles. The third-order valence-corrected chi connectivity index (χ3v) is 11.4. The van der Waals surface area contributed by atoms with Crippen LogP contribution in [0.4, 0.5) is 0 Å². The van der Waals surface area contributed by atoms with Gasteiger partial charge in [0.15, 0.2) is 0 Å². The summed E-state index contributed by atoms with van der Waals surface area (Å²) < 4.78 is 0. The van der Waals surface area contributed by atoms with Crippen LogP contribution in [0.15, 0.2) is 34.1 Å². The Labute approximate surface area is 184 Å². The minimum atomic E-state index is -0.891. The zero-order valence-electron chi connectivity index (χ0n) is 16.7. The molecule has 0 amide bonds. The topological polar surface area (TPSA) is 0 Å². The van der Waals surface area contributed by atoms with Crippen LogP contribution < -0.4 is 24.8 Å². The minimum Gasteiger partial charge on any atom is -1.00 e. The van der Waals surface area contributed by atoms with Crippen molar-refractivity contribution < 1.29 is 46.5 Å². The molecule has 3 aliphatic rings. The summed E-state index contributed by atoms with van der Waals surface area (Å²) in [7, 11) is -0.891. The van der Waals surface area contributed by atoms with Gasteiger partial charge < -0.3 is 24.8 Å². The Balaban J connectivity index is 0. The second-order valence-corrected chi connectivity index (χ2v) is 12.3. The Morgan fingerprint density at radius 2 is 1.72 bits per heavy atom. The Morgan fingerprint density at radius 1 is 1.12 bits per heavy atom. The van der Waals surface area contributed by atoms with Gasteiger partial charge in [-0.2, -0.15) is 17.2 Å². The fourth-order valence-electron chi connectivity index (χ4n) is 3.91.